The summed E-state index contributed by atoms with van der Waals surface area (Å²) in [6, 6.07) is 5.97. The molecular formula is C12H19NO2S. The molecule has 0 aliphatic rings. The van der Waals surface area contributed by atoms with Gasteiger partial charge in [0.1, 0.15) is 9.84 Å². The third kappa shape index (κ3) is 3.61. The Hall–Kier alpha value is -0.870. The molecule has 1 atom stereocenters. The highest BCUT2D eigenvalue weighted by Gasteiger charge is 2.17. The lowest BCUT2D eigenvalue weighted by Crippen LogP contribution is -2.25. The molecule has 4 heteroatoms. The topological polar surface area (TPSA) is 46.2 Å². The molecule has 0 spiro atoms. The number of nitrogens with one attached hydrogen (secondary N) is 1. The third-order valence-electron chi connectivity index (χ3n) is 2.63. The van der Waals surface area contributed by atoms with Crippen molar-refractivity contribution in [3.05, 3.63) is 34.9 Å². The van der Waals surface area contributed by atoms with Crippen molar-refractivity contribution < 1.29 is 8.42 Å². The Morgan fingerprint density at radius 3 is 2.44 bits per heavy atom. The van der Waals surface area contributed by atoms with E-state index < -0.39 is 9.84 Å². The molecule has 0 radical (unpaired) electrons. The van der Waals surface area contributed by atoms with Gasteiger partial charge >= 0.3 is 0 Å². The fourth-order valence-corrected chi connectivity index (χ4v) is 2.72. The van der Waals surface area contributed by atoms with Crippen LogP contribution >= 0.6 is 0 Å². The lowest BCUT2D eigenvalue weighted by Gasteiger charge is -2.18. The fraction of sp³-hybridized carbons (Fsp3) is 0.500. The van der Waals surface area contributed by atoms with Gasteiger partial charge in [-0.2, -0.15) is 0 Å². The van der Waals surface area contributed by atoms with Crippen molar-refractivity contribution in [2.45, 2.75) is 19.9 Å². The summed E-state index contributed by atoms with van der Waals surface area (Å²) in [7, 11) is -1.19. The van der Waals surface area contributed by atoms with Crippen LogP contribution in [-0.4, -0.2) is 27.5 Å². The predicted octanol–water partition coefficient (Wildman–Crippen LogP) is 1.61. The van der Waals surface area contributed by atoms with E-state index in [1.54, 1.807) is 7.05 Å². The van der Waals surface area contributed by atoms with E-state index in [2.05, 4.69) is 5.32 Å². The van der Waals surface area contributed by atoms with Gasteiger partial charge in [0, 0.05) is 12.3 Å². The quantitative estimate of drug-likeness (QED) is 0.871. The van der Waals surface area contributed by atoms with E-state index in [1.165, 1.54) is 6.26 Å². The number of hydrogen-bond donors (Lipinski definition) is 1. The Morgan fingerprint density at radius 1 is 1.31 bits per heavy atom. The SMILES string of the molecule is CNC(CS(C)(=O)=O)c1cc(C)ccc1C. The second-order valence-corrected chi connectivity index (χ2v) is 6.48. The molecule has 0 saturated heterocycles. The minimum absolute atomic E-state index is 0.130. The van der Waals surface area contributed by atoms with Gasteiger partial charge < -0.3 is 5.32 Å². The van der Waals surface area contributed by atoms with Crippen molar-refractivity contribution in [2.24, 2.45) is 0 Å². The van der Waals surface area contributed by atoms with E-state index in [0.717, 1.165) is 16.7 Å². The zero-order valence-electron chi connectivity index (χ0n) is 10.2. The maximum atomic E-state index is 11.3. The molecule has 0 aromatic heterocycles. The van der Waals surface area contributed by atoms with Crippen LogP contribution in [0.15, 0.2) is 18.2 Å². The van der Waals surface area contributed by atoms with Crippen LogP contribution in [0, 0.1) is 13.8 Å². The number of aryl methyl sites for hydroxylation is 2. The van der Waals surface area contributed by atoms with Crippen molar-refractivity contribution in [3.63, 3.8) is 0 Å². The third-order valence-corrected chi connectivity index (χ3v) is 3.57. The largest absolute Gasteiger partial charge is 0.312 e. The second-order valence-electron chi connectivity index (χ2n) is 4.29. The Kier molecular flexibility index (Phi) is 4.10. The van der Waals surface area contributed by atoms with Crippen molar-refractivity contribution >= 4 is 9.84 Å². The molecule has 1 rings (SSSR count). The van der Waals surface area contributed by atoms with Crippen LogP contribution in [-0.2, 0) is 9.84 Å². The first-order chi connectivity index (χ1) is 7.33. The summed E-state index contributed by atoms with van der Waals surface area (Å²) in [5, 5.41) is 3.06. The minimum atomic E-state index is -2.98. The Labute approximate surface area is 97.8 Å². The molecule has 1 N–H and O–H groups in total. The van der Waals surface area contributed by atoms with E-state index in [-0.39, 0.29) is 11.8 Å². The fourth-order valence-electron chi connectivity index (χ4n) is 1.77. The smallest absolute Gasteiger partial charge is 0.149 e. The van der Waals surface area contributed by atoms with Crippen LogP contribution in [0.25, 0.3) is 0 Å². The molecular weight excluding hydrogens is 222 g/mol. The number of hydrogen-bond acceptors (Lipinski definition) is 3. The maximum Gasteiger partial charge on any atom is 0.149 e. The number of benzene rings is 1. The van der Waals surface area contributed by atoms with E-state index >= 15 is 0 Å². The average Bonchev–Trinajstić information content (AvgIpc) is 2.17. The van der Waals surface area contributed by atoms with E-state index in [4.69, 9.17) is 0 Å². The highest BCUT2D eigenvalue weighted by molar-refractivity contribution is 7.90. The first-order valence-electron chi connectivity index (χ1n) is 5.25. The molecule has 1 unspecified atom stereocenters. The van der Waals surface area contributed by atoms with Gasteiger partial charge in [0.05, 0.1) is 5.75 Å². The Bertz CT molecular complexity index is 466. The summed E-state index contributed by atoms with van der Waals surface area (Å²) < 4.78 is 22.7. The van der Waals surface area contributed by atoms with Crippen LogP contribution in [0.4, 0.5) is 0 Å². The second kappa shape index (κ2) is 4.97. The van der Waals surface area contributed by atoms with Gasteiger partial charge in [-0.15, -0.1) is 0 Å². The summed E-state index contributed by atoms with van der Waals surface area (Å²) in [6.07, 6.45) is 1.27. The normalized spacial score (nSPS) is 13.8. The lowest BCUT2D eigenvalue weighted by atomic mass is 10.0. The maximum absolute atomic E-state index is 11.3. The molecule has 3 nitrogen and oxygen atoms in total. The average molecular weight is 241 g/mol. The molecule has 1 aromatic rings. The van der Waals surface area contributed by atoms with E-state index in [1.807, 2.05) is 32.0 Å². The van der Waals surface area contributed by atoms with Gasteiger partial charge in [-0.05, 0) is 32.0 Å². The molecule has 1 aromatic carbocycles. The van der Waals surface area contributed by atoms with Crippen LogP contribution in [0.3, 0.4) is 0 Å². The van der Waals surface area contributed by atoms with E-state index in [9.17, 15) is 8.42 Å². The summed E-state index contributed by atoms with van der Waals surface area (Å²) in [5.41, 5.74) is 3.33. The Morgan fingerprint density at radius 2 is 1.94 bits per heavy atom. The lowest BCUT2D eigenvalue weighted by molar-refractivity contribution is 0.578. The molecule has 0 heterocycles. The number of rotatable bonds is 4. The van der Waals surface area contributed by atoms with Gasteiger partial charge in [0.2, 0.25) is 0 Å². The summed E-state index contributed by atoms with van der Waals surface area (Å²) >= 11 is 0. The molecule has 0 bridgehead atoms. The molecule has 16 heavy (non-hydrogen) atoms. The molecule has 0 aliphatic heterocycles. The predicted molar refractivity (Wildman–Crippen MR) is 67.4 cm³/mol. The van der Waals surface area contributed by atoms with Crippen molar-refractivity contribution in [2.75, 3.05) is 19.1 Å². The van der Waals surface area contributed by atoms with Crippen LogP contribution in [0.1, 0.15) is 22.7 Å². The number of sulfone groups is 1. The molecule has 0 aliphatic carbocycles. The van der Waals surface area contributed by atoms with Crippen LogP contribution in [0.2, 0.25) is 0 Å². The minimum Gasteiger partial charge on any atom is -0.312 e. The van der Waals surface area contributed by atoms with Crippen molar-refractivity contribution in [1.29, 1.82) is 0 Å². The zero-order chi connectivity index (χ0) is 12.3. The molecule has 0 fully saturated rings. The summed E-state index contributed by atoms with van der Waals surface area (Å²) in [5.74, 6) is 0.133. The Balaban J connectivity index is 3.08. The van der Waals surface area contributed by atoms with E-state index in [0.29, 0.717) is 0 Å². The van der Waals surface area contributed by atoms with Crippen LogP contribution < -0.4 is 5.32 Å². The molecule has 0 saturated carbocycles. The monoisotopic (exact) mass is 241 g/mol. The first kappa shape index (κ1) is 13.2. The highest BCUT2D eigenvalue weighted by atomic mass is 32.2. The zero-order valence-corrected chi connectivity index (χ0v) is 11.1. The van der Waals surface area contributed by atoms with Gasteiger partial charge in [0.25, 0.3) is 0 Å². The van der Waals surface area contributed by atoms with Crippen molar-refractivity contribution in [1.82, 2.24) is 5.32 Å². The van der Waals surface area contributed by atoms with Crippen molar-refractivity contribution in [3.8, 4) is 0 Å². The molecule has 90 valence electrons. The van der Waals surface area contributed by atoms with Gasteiger partial charge in [-0.25, -0.2) is 8.42 Å². The molecule has 0 amide bonds. The highest BCUT2D eigenvalue weighted by Crippen LogP contribution is 2.20. The standard InChI is InChI=1S/C12H19NO2S/c1-9-5-6-10(2)11(7-9)12(13-3)8-16(4,14)15/h5-7,12-13H,8H2,1-4H3. The summed E-state index contributed by atoms with van der Waals surface area (Å²) in [4.78, 5) is 0. The van der Waals surface area contributed by atoms with Gasteiger partial charge in [-0.1, -0.05) is 23.8 Å². The van der Waals surface area contributed by atoms with Gasteiger partial charge in [-0.3, -0.25) is 0 Å². The van der Waals surface area contributed by atoms with Crippen LogP contribution in [0.5, 0.6) is 0 Å². The summed E-state index contributed by atoms with van der Waals surface area (Å²) in [6.45, 7) is 4.01. The first-order valence-corrected chi connectivity index (χ1v) is 7.31. The van der Waals surface area contributed by atoms with Gasteiger partial charge in [0.15, 0.2) is 0 Å².